The van der Waals surface area contributed by atoms with Crippen LogP contribution in [0.25, 0.3) is 0 Å². The molecule has 2 unspecified atom stereocenters. The molecule has 1 saturated heterocycles. The van der Waals surface area contributed by atoms with Crippen LogP contribution in [0.2, 0.25) is 0 Å². The first-order valence-corrected chi connectivity index (χ1v) is 8.19. The van der Waals surface area contributed by atoms with Crippen LogP contribution in [0.4, 0.5) is 0 Å². The van der Waals surface area contributed by atoms with Crippen LogP contribution in [0.15, 0.2) is 0 Å². The van der Waals surface area contributed by atoms with Gasteiger partial charge in [-0.05, 0) is 25.7 Å². The summed E-state index contributed by atoms with van der Waals surface area (Å²) in [4.78, 5) is 0. The molecule has 0 N–H and O–H groups in total. The molecular formula is C10H20O5P2+2. The van der Waals surface area contributed by atoms with Gasteiger partial charge in [0.15, 0.2) is 15.5 Å². The Balaban J connectivity index is 3.26. The number of hydrogen-bond acceptors (Lipinski definition) is 5. The first-order valence-electron chi connectivity index (χ1n) is 6.00. The molecule has 0 aromatic heterocycles. The van der Waals surface area contributed by atoms with Crippen molar-refractivity contribution in [3.63, 3.8) is 0 Å². The predicted octanol–water partition coefficient (Wildman–Crippen LogP) is 4.48. The molecule has 7 heteroatoms. The zero-order valence-corrected chi connectivity index (χ0v) is 12.6. The molecule has 2 atom stereocenters. The van der Waals surface area contributed by atoms with Gasteiger partial charge in [-0.3, -0.25) is 0 Å². The molecule has 0 spiro atoms. The average molecular weight is 282 g/mol. The van der Waals surface area contributed by atoms with Crippen LogP contribution in [0.1, 0.15) is 53.4 Å². The Kier molecular flexibility index (Phi) is 5.18. The van der Waals surface area contributed by atoms with Crippen molar-refractivity contribution in [3.8, 4) is 0 Å². The summed E-state index contributed by atoms with van der Waals surface area (Å²) in [5.41, 5.74) is -1.41. The lowest BCUT2D eigenvalue weighted by atomic mass is 9.75. The van der Waals surface area contributed by atoms with Crippen LogP contribution in [0, 0.1) is 0 Å². The fraction of sp³-hybridized carbons (Fsp3) is 1.00. The third kappa shape index (κ3) is 2.59. The molecule has 0 aromatic rings. The van der Waals surface area contributed by atoms with Gasteiger partial charge in [-0.2, -0.15) is 0 Å². The van der Waals surface area contributed by atoms with E-state index in [0.29, 0.717) is 25.7 Å². The highest BCUT2D eigenvalue weighted by molar-refractivity contribution is 7.47. The van der Waals surface area contributed by atoms with Crippen LogP contribution in [0.5, 0.6) is 0 Å². The van der Waals surface area contributed by atoms with E-state index in [1.165, 1.54) is 0 Å². The first kappa shape index (κ1) is 15.1. The Hall–Kier alpha value is 0.0800. The number of hydrogen-bond donors (Lipinski definition) is 0. The zero-order valence-electron chi connectivity index (χ0n) is 10.8. The minimum absolute atomic E-state index is 0.638. The normalized spacial score (nSPS) is 27.8. The lowest BCUT2D eigenvalue weighted by Gasteiger charge is -2.39. The molecular weight excluding hydrogens is 262 g/mol. The largest absolute Gasteiger partial charge is 0.748 e. The van der Waals surface area contributed by atoms with Crippen molar-refractivity contribution in [2.75, 3.05) is 0 Å². The van der Waals surface area contributed by atoms with Crippen LogP contribution in [0.3, 0.4) is 0 Å². The number of rotatable bonds is 4. The van der Waals surface area contributed by atoms with Gasteiger partial charge in [0.05, 0.1) is 0 Å². The maximum Gasteiger partial charge on any atom is 0.748 e. The van der Waals surface area contributed by atoms with E-state index in [9.17, 15) is 9.13 Å². The van der Waals surface area contributed by atoms with Gasteiger partial charge in [0.2, 0.25) is 0 Å². The second-order valence-corrected chi connectivity index (χ2v) is 6.03. The molecule has 1 heterocycles. The maximum atomic E-state index is 11.6. The molecule has 1 fully saturated rings. The Bertz CT molecular complexity index is 280. The van der Waals surface area contributed by atoms with Crippen molar-refractivity contribution in [2.45, 2.75) is 64.6 Å². The maximum absolute atomic E-state index is 11.6. The molecule has 17 heavy (non-hydrogen) atoms. The summed E-state index contributed by atoms with van der Waals surface area (Å²) in [5, 5.41) is 0. The van der Waals surface area contributed by atoms with Gasteiger partial charge in [0.1, 0.15) is 0 Å². The monoisotopic (exact) mass is 282 g/mol. The quantitative estimate of drug-likeness (QED) is 0.711. The van der Waals surface area contributed by atoms with Crippen LogP contribution in [-0.2, 0) is 22.5 Å². The van der Waals surface area contributed by atoms with Crippen LogP contribution < -0.4 is 0 Å². The lowest BCUT2D eigenvalue weighted by Crippen LogP contribution is -2.53. The van der Waals surface area contributed by atoms with Gasteiger partial charge in [0, 0.05) is 9.13 Å². The SMILES string of the molecule is CCC1(CC)O[P+](=O)O[P+](=O)OC1(CC)CC. The molecule has 1 aliphatic heterocycles. The molecule has 0 aliphatic carbocycles. The lowest BCUT2D eigenvalue weighted by molar-refractivity contribution is -0.116. The second-order valence-electron chi connectivity index (χ2n) is 4.11. The fourth-order valence-electron chi connectivity index (χ4n) is 2.59. The van der Waals surface area contributed by atoms with E-state index in [-0.39, 0.29) is 0 Å². The van der Waals surface area contributed by atoms with Gasteiger partial charge < -0.3 is 0 Å². The third-order valence-electron chi connectivity index (χ3n) is 3.75. The van der Waals surface area contributed by atoms with E-state index in [1.54, 1.807) is 0 Å². The van der Waals surface area contributed by atoms with Crippen LogP contribution >= 0.6 is 16.5 Å². The standard InChI is InChI=1S/C10H20O5P2/c1-5-9(6-2)10(7-3,8-4)14-17(12)15-16(11)13-9/h5-8H2,1-4H3/q+2. The Labute approximate surface area is 104 Å². The van der Waals surface area contributed by atoms with E-state index < -0.39 is 27.7 Å². The van der Waals surface area contributed by atoms with Crippen molar-refractivity contribution >= 4 is 16.5 Å². The smallest absolute Gasteiger partial charge is 0.106 e. The highest BCUT2D eigenvalue weighted by Crippen LogP contribution is 2.57. The minimum Gasteiger partial charge on any atom is -0.106 e. The minimum atomic E-state index is -2.39. The third-order valence-corrected chi connectivity index (χ3v) is 5.81. The summed E-state index contributed by atoms with van der Waals surface area (Å²) < 4.78 is 39.0. The molecule has 0 radical (unpaired) electrons. The highest BCUT2D eigenvalue weighted by Gasteiger charge is 2.65. The van der Waals surface area contributed by atoms with Gasteiger partial charge in [-0.25, -0.2) is 0 Å². The van der Waals surface area contributed by atoms with Crippen molar-refractivity contribution in [1.82, 2.24) is 0 Å². The van der Waals surface area contributed by atoms with Gasteiger partial charge in [-0.1, -0.05) is 27.7 Å². The summed E-state index contributed by atoms with van der Waals surface area (Å²) in [6.45, 7) is 7.81. The molecule has 0 aromatic carbocycles. The molecule has 0 bridgehead atoms. The predicted molar refractivity (Wildman–Crippen MR) is 65.1 cm³/mol. The Morgan fingerprint density at radius 2 is 1.06 bits per heavy atom. The molecule has 0 saturated carbocycles. The second kappa shape index (κ2) is 5.81. The molecule has 1 aliphatic rings. The summed E-state index contributed by atoms with van der Waals surface area (Å²) in [6.07, 6.45) is 2.55. The fourth-order valence-corrected chi connectivity index (χ4v) is 4.71. The van der Waals surface area contributed by atoms with Crippen LogP contribution in [-0.4, -0.2) is 11.2 Å². The van der Waals surface area contributed by atoms with E-state index in [1.807, 2.05) is 27.7 Å². The summed E-state index contributed by atoms with van der Waals surface area (Å²) >= 11 is 0. The van der Waals surface area contributed by atoms with Crippen molar-refractivity contribution in [1.29, 1.82) is 0 Å². The first-order chi connectivity index (χ1) is 7.99. The van der Waals surface area contributed by atoms with Gasteiger partial charge in [0.25, 0.3) is 0 Å². The summed E-state index contributed by atoms with van der Waals surface area (Å²) in [6, 6.07) is 0. The molecule has 0 amide bonds. The molecule has 98 valence electrons. The van der Waals surface area contributed by atoms with Gasteiger partial charge in [-0.15, -0.1) is 9.05 Å². The molecule has 5 nitrogen and oxygen atoms in total. The van der Waals surface area contributed by atoms with E-state index >= 15 is 0 Å². The van der Waals surface area contributed by atoms with Crippen molar-refractivity contribution < 1.29 is 22.5 Å². The average Bonchev–Trinajstić information content (AvgIpc) is 2.43. The topological polar surface area (TPSA) is 61.8 Å². The Morgan fingerprint density at radius 1 is 0.765 bits per heavy atom. The molecule has 1 rings (SSSR count). The van der Waals surface area contributed by atoms with E-state index in [0.717, 1.165) is 0 Å². The summed E-state index contributed by atoms with van der Waals surface area (Å²) in [7, 11) is -4.77. The Morgan fingerprint density at radius 3 is 1.29 bits per heavy atom. The van der Waals surface area contributed by atoms with E-state index in [4.69, 9.17) is 13.4 Å². The van der Waals surface area contributed by atoms with E-state index in [2.05, 4.69) is 0 Å². The van der Waals surface area contributed by atoms with Crippen molar-refractivity contribution in [2.24, 2.45) is 0 Å². The zero-order chi connectivity index (χ0) is 13.1. The van der Waals surface area contributed by atoms with Crippen molar-refractivity contribution in [3.05, 3.63) is 0 Å². The van der Waals surface area contributed by atoms with Gasteiger partial charge >= 0.3 is 16.5 Å². The summed E-state index contributed by atoms with van der Waals surface area (Å²) in [5.74, 6) is 0. The highest BCUT2D eigenvalue weighted by atomic mass is 31.2.